The number of pyridine rings is 1. The van der Waals surface area contributed by atoms with Gasteiger partial charge in [-0.05, 0) is 49.6 Å². The Hall–Kier alpha value is -2.24. The lowest BCUT2D eigenvalue weighted by Crippen LogP contribution is -2.45. The number of nitrogens with zero attached hydrogens (tertiary/aromatic N) is 1. The van der Waals surface area contributed by atoms with Gasteiger partial charge in [0.15, 0.2) is 0 Å². The number of para-hydroxylation sites is 1. The van der Waals surface area contributed by atoms with E-state index in [1.807, 2.05) is 49.4 Å². The number of hydrogen-bond acceptors (Lipinski definition) is 4. The molecule has 0 spiro atoms. The van der Waals surface area contributed by atoms with Crippen molar-refractivity contribution in [2.45, 2.75) is 44.4 Å². The van der Waals surface area contributed by atoms with Crippen LogP contribution in [-0.4, -0.2) is 29.6 Å². The van der Waals surface area contributed by atoms with Crippen LogP contribution in [0.25, 0.3) is 0 Å². The van der Waals surface area contributed by atoms with E-state index in [4.69, 9.17) is 4.74 Å². The Morgan fingerprint density at radius 3 is 2.76 bits per heavy atom. The summed E-state index contributed by atoms with van der Waals surface area (Å²) in [6.07, 6.45) is 6.09. The van der Waals surface area contributed by atoms with Crippen molar-refractivity contribution in [2.75, 3.05) is 11.9 Å². The third kappa shape index (κ3) is 5.11. The van der Waals surface area contributed by atoms with Crippen LogP contribution in [0.2, 0.25) is 0 Å². The van der Waals surface area contributed by atoms with E-state index < -0.39 is 0 Å². The summed E-state index contributed by atoms with van der Waals surface area (Å²) in [5.41, 5.74) is 1.96. The first-order valence-electron chi connectivity index (χ1n) is 8.85. The zero-order valence-electron chi connectivity index (χ0n) is 14.5. The quantitative estimate of drug-likeness (QED) is 0.847. The van der Waals surface area contributed by atoms with E-state index in [9.17, 15) is 4.79 Å². The second-order valence-electron chi connectivity index (χ2n) is 6.51. The summed E-state index contributed by atoms with van der Waals surface area (Å²) < 4.78 is 5.99. The number of benzene rings is 1. The second-order valence-corrected chi connectivity index (χ2v) is 6.51. The smallest absolute Gasteiger partial charge is 0.225 e. The van der Waals surface area contributed by atoms with Crippen molar-refractivity contribution >= 4 is 11.6 Å². The molecule has 5 nitrogen and oxygen atoms in total. The lowest BCUT2D eigenvalue weighted by atomic mass is 9.95. The molecule has 2 aromatic rings. The van der Waals surface area contributed by atoms with E-state index in [2.05, 4.69) is 15.6 Å². The molecule has 5 heteroatoms. The van der Waals surface area contributed by atoms with E-state index in [1.54, 1.807) is 12.4 Å². The van der Waals surface area contributed by atoms with Crippen molar-refractivity contribution in [3.8, 4) is 0 Å². The van der Waals surface area contributed by atoms with E-state index in [0.717, 1.165) is 30.7 Å². The number of amides is 1. The number of carbonyl (C=O) groups is 1. The molecule has 1 aliphatic heterocycles. The van der Waals surface area contributed by atoms with Gasteiger partial charge in [0.25, 0.3) is 0 Å². The first-order chi connectivity index (χ1) is 12.2. The number of rotatable bonds is 6. The molecule has 0 bridgehead atoms. The molecule has 1 aromatic carbocycles. The monoisotopic (exact) mass is 339 g/mol. The Morgan fingerprint density at radius 2 is 2.00 bits per heavy atom. The van der Waals surface area contributed by atoms with Gasteiger partial charge in [-0.3, -0.25) is 9.78 Å². The molecule has 0 radical (unpaired) electrons. The highest BCUT2D eigenvalue weighted by Gasteiger charge is 2.28. The molecule has 0 aliphatic carbocycles. The fraction of sp³-hybridized carbons (Fsp3) is 0.400. The van der Waals surface area contributed by atoms with Gasteiger partial charge < -0.3 is 15.4 Å². The van der Waals surface area contributed by atoms with Crippen LogP contribution in [0.3, 0.4) is 0 Å². The van der Waals surface area contributed by atoms with Crippen LogP contribution in [0.4, 0.5) is 5.69 Å². The third-order valence-electron chi connectivity index (χ3n) is 4.40. The first kappa shape index (κ1) is 17.6. The fourth-order valence-electron chi connectivity index (χ4n) is 3.27. The molecule has 1 aliphatic rings. The average molecular weight is 339 g/mol. The zero-order chi connectivity index (χ0) is 17.5. The summed E-state index contributed by atoms with van der Waals surface area (Å²) >= 11 is 0. The number of hydrogen-bond donors (Lipinski definition) is 2. The van der Waals surface area contributed by atoms with Crippen LogP contribution in [0.1, 0.15) is 37.9 Å². The summed E-state index contributed by atoms with van der Waals surface area (Å²) in [4.78, 5) is 16.3. The van der Waals surface area contributed by atoms with E-state index >= 15 is 0 Å². The molecule has 3 atom stereocenters. The van der Waals surface area contributed by atoms with Gasteiger partial charge in [-0.2, -0.15) is 0 Å². The highest BCUT2D eigenvalue weighted by molar-refractivity contribution is 5.91. The lowest BCUT2D eigenvalue weighted by molar-refractivity contribution is -0.116. The van der Waals surface area contributed by atoms with Crippen molar-refractivity contribution < 1.29 is 9.53 Å². The molecule has 132 valence electrons. The van der Waals surface area contributed by atoms with Gasteiger partial charge in [0.05, 0.1) is 6.10 Å². The van der Waals surface area contributed by atoms with Gasteiger partial charge in [0.2, 0.25) is 5.91 Å². The van der Waals surface area contributed by atoms with Crippen molar-refractivity contribution in [3.05, 3.63) is 60.4 Å². The molecular weight excluding hydrogens is 314 g/mol. The van der Waals surface area contributed by atoms with Crippen LogP contribution in [-0.2, 0) is 9.53 Å². The molecular formula is C20H25N3O2. The number of nitrogens with one attached hydrogen (secondary N) is 2. The maximum absolute atomic E-state index is 12.2. The number of anilines is 1. The van der Waals surface area contributed by atoms with Gasteiger partial charge in [0, 0.05) is 43.2 Å². The van der Waals surface area contributed by atoms with E-state index in [-0.39, 0.29) is 24.1 Å². The molecule has 3 rings (SSSR count). The number of ether oxygens (including phenoxy) is 1. The van der Waals surface area contributed by atoms with Gasteiger partial charge in [-0.25, -0.2) is 0 Å². The van der Waals surface area contributed by atoms with Crippen molar-refractivity contribution in [2.24, 2.45) is 0 Å². The van der Waals surface area contributed by atoms with Gasteiger partial charge in [-0.1, -0.05) is 18.2 Å². The molecule has 1 aromatic heterocycles. The molecule has 2 heterocycles. The molecule has 2 N–H and O–H groups in total. The number of carbonyl (C=O) groups excluding carboxylic acids is 1. The summed E-state index contributed by atoms with van der Waals surface area (Å²) in [6, 6.07) is 13.8. The Balaban J connectivity index is 1.55. The lowest BCUT2D eigenvalue weighted by Gasteiger charge is -2.34. The molecule has 25 heavy (non-hydrogen) atoms. The number of aromatic nitrogens is 1. The maximum atomic E-state index is 12.2. The Bertz CT molecular complexity index is 663. The predicted molar refractivity (Wildman–Crippen MR) is 98.2 cm³/mol. The van der Waals surface area contributed by atoms with Crippen molar-refractivity contribution in [1.29, 1.82) is 0 Å². The summed E-state index contributed by atoms with van der Waals surface area (Å²) in [5, 5.41) is 6.51. The largest absolute Gasteiger partial charge is 0.372 e. The summed E-state index contributed by atoms with van der Waals surface area (Å²) in [5.74, 6) is 0.0170. The van der Waals surface area contributed by atoms with E-state index in [0.29, 0.717) is 6.42 Å². The normalized spacial score (nSPS) is 21.5. The van der Waals surface area contributed by atoms with Crippen LogP contribution >= 0.6 is 0 Å². The summed E-state index contributed by atoms with van der Waals surface area (Å²) in [7, 11) is 0. The molecule has 1 amide bonds. The standard InChI is InChI=1S/C20H25N3O2/c1-15(14-19(24)23-17-6-3-2-4-7-17)22-18-8-5-13-25-20(18)16-9-11-21-12-10-16/h2-4,6-7,9-12,15,18,20,22H,5,8,13-14H2,1H3,(H,23,24)/t15-,18+,20-/m1/s1. The van der Waals surface area contributed by atoms with Gasteiger partial charge in [-0.15, -0.1) is 0 Å². The van der Waals surface area contributed by atoms with E-state index in [1.165, 1.54) is 0 Å². The maximum Gasteiger partial charge on any atom is 0.225 e. The van der Waals surface area contributed by atoms with Gasteiger partial charge >= 0.3 is 0 Å². The fourth-order valence-corrected chi connectivity index (χ4v) is 3.27. The van der Waals surface area contributed by atoms with Gasteiger partial charge in [0.1, 0.15) is 0 Å². The van der Waals surface area contributed by atoms with Crippen LogP contribution in [0.5, 0.6) is 0 Å². The third-order valence-corrected chi connectivity index (χ3v) is 4.40. The average Bonchev–Trinajstić information content (AvgIpc) is 2.63. The minimum absolute atomic E-state index is 0.0105. The molecule has 1 saturated heterocycles. The molecule has 0 unspecified atom stereocenters. The topological polar surface area (TPSA) is 63.2 Å². The predicted octanol–water partition coefficient (Wildman–Crippen LogP) is 3.31. The Morgan fingerprint density at radius 1 is 1.24 bits per heavy atom. The second kappa shape index (κ2) is 8.74. The van der Waals surface area contributed by atoms with Crippen LogP contribution in [0.15, 0.2) is 54.9 Å². The van der Waals surface area contributed by atoms with Crippen molar-refractivity contribution in [3.63, 3.8) is 0 Å². The zero-order valence-corrected chi connectivity index (χ0v) is 14.5. The first-order valence-corrected chi connectivity index (χ1v) is 8.85. The Kier molecular flexibility index (Phi) is 6.14. The minimum Gasteiger partial charge on any atom is -0.372 e. The summed E-state index contributed by atoms with van der Waals surface area (Å²) in [6.45, 7) is 2.82. The van der Waals surface area contributed by atoms with Crippen LogP contribution < -0.4 is 10.6 Å². The van der Waals surface area contributed by atoms with Crippen molar-refractivity contribution in [1.82, 2.24) is 10.3 Å². The minimum atomic E-state index is 0.0105. The molecule has 1 fully saturated rings. The molecule has 0 saturated carbocycles. The SMILES string of the molecule is C[C@H](CC(=O)Nc1ccccc1)N[C@H]1CCCO[C@@H]1c1ccncc1. The Labute approximate surface area is 148 Å². The van der Waals surface area contributed by atoms with Crippen LogP contribution in [0, 0.1) is 0 Å². The highest BCUT2D eigenvalue weighted by atomic mass is 16.5. The highest BCUT2D eigenvalue weighted by Crippen LogP contribution is 2.28.